The first-order chi connectivity index (χ1) is 11.9. The molecule has 0 fully saturated rings. The van der Waals surface area contributed by atoms with Crippen LogP contribution in [0, 0.1) is 0 Å². The van der Waals surface area contributed by atoms with Crippen molar-refractivity contribution >= 4 is 39.6 Å². The number of benzene rings is 3. The van der Waals surface area contributed by atoms with Crippen molar-refractivity contribution in [2.45, 2.75) is 25.8 Å². The number of phenols is 1. The predicted molar refractivity (Wildman–Crippen MR) is 113 cm³/mol. The van der Waals surface area contributed by atoms with Crippen LogP contribution in [0.5, 0.6) is 5.75 Å². The van der Waals surface area contributed by atoms with Crippen molar-refractivity contribution in [3.63, 3.8) is 0 Å². The fraction of sp³-hybridized carbons (Fsp3) is 0.182. The first kappa shape index (κ1) is 18.0. The summed E-state index contributed by atoms with van der Waals surface area (Å²) >= 11 is 3.74. The van der Waals surface area contributed by atoms with E-state index in [0.29, 0.717) is 5.75 Å². The van der Waals surface area contributed by atoms with Gasteiger partial charge in [-0.05, 0) is 27.5 Å². The number of phenolic OH excluding ortho intramolecular Hbond substituents is 1. The van der Waals surface area contributed by atoms with E-state index >= 15 is 0 Å². The molecule has 3 rings (SSSR count). The van der Waals surface area contributed by atoms with Gasteiger partial charge < -0.3 is 5.11 Å². The summed E-state index contributed by atoms with van der Waals surface area (Å²) < 4.78 is 0.974. The van der Waals surface area contributed by atoms with Crippen LogP contribution in [0.25, 0.3) is 0 Å². The van der Waals surface area contributed by atoms with E-state index in [1.807, 2.05) is 12.1 Å². The van der Waals surface area contributed by atoms with Crippen LogP contribution in [0.2, 0.25) is 5.04 Å². The highest BCUT2D eigenvalue weighted by molar-refractivity contribution is 9.10. The van der Waals surface area contributed by atoms with Crippen LogP contribution in [0.4, 0.5) is 0 Å². The quantitative estimate of drug-likeness (QED) is 0.500. The van der Waals surface area contributed by atoms with E-state index in [0.717, 1.165) is 9.66 Å². The van der Waals surface area contributed by atoms with Gasteiger partial charge in [0.15, 0.2) is 8.07 Å². The Hall–Kier alpha value is -1.84. The van der Waals surface area contributed by atoms with Crippen molar-refractivity contribution in [2.75, 3.05) is 0 Å². The highest BCUT2D eigenvalue weighted by atomic mass is 79.9. The van der Waals surface area contributed by atoms with Crippen LogP contribution in [0.15, 0.2) is 83.3 Å². The van der Waals surface area contributed by atoms with Gasteiger partial charge in [0.2, 0.25) is 0 Å². The molecule has 128 valence electrons. The second-order valence-corrected chi connectivity index (χ2v) is 12.9. The van der Waals surface area contributed by atoms with Crippen LogP contribution >= 0.6 is 15.9 Å². The average molecular weight is 411 g/mol. The van der Waals surface area contributed by atoms with Gasteiger partial charge in [0.1, 0.15) is 5.75 Å². The second kappa shape index (κ2) is 6.81. The molecule has 0 unspecified atom stereocenters. The van der Waals surface area contributed by atoms with Crippen molar-refractivity contribution in [1.82, 2.24) is 0 Å². The predicted octanol–water partition coefficient (Wildman–Crippen LogP) is 4.43. The third-order valence-electron chi connectivity index (χ3n) is 4.91. The first-order valence-corrected chi connectivity index (χ1v) is 11.3. The maximum atomic E-state index is 10.9. The van der Waals surface area contributed by atoms with Crippen LogP contribution in [0.1, 0.15) is 20.8 Å². The molecule has 0 spiro atoms. The van der Waals surface area contributed by atoms with E-state index < -0.39 is 8.07 Å². The fourth-order valence-electron chi connectivity index (χ4n) is 3.96. The minimum atomic E-state index is -2.51. The average Bonchev–Trinajstić information content (AvgIpc) is 2.59. The Bertz CT molecular complexity index is 794. The summed E-state index contributed by atoms with van der Waals surface area (Å²) in [6.45, 7) is 6.87. The zero-order chi connectivity index (χ0) is 18.1. The molecule has 0 amide bonds. The number of hydrogen-bond acceptors (Lipinski definition) is 1. The van der Waals surface area contributed by atoms with Gasteiger partial charge in [-0.25, -0.2) is 0 Å². The summed E-state index contributed by atoms with van der Waals surface area (Å²) in [6.07, 6.45) is 0. The Morgan fingerprint density at radius 2 is 1.20 bits per heavy atom. The van der Waals surface area contributed by atoms with Crippen LogP contribution in [-0.2, 0) is 0 Å². The molecule has 0 aliphatic carbocycles. The van der Waals surface area contributed by atoms with E-state index in [1.165, 1.54) is 10.4 Å². The lowest BCUT2D eigenvalue weighted by atomic mass is 10.2. The van der Waals surface area contributed by atoms with Gasteiger partial charge in [0, 0.05) is 9.66 Å². The molecular weight excluding hydrogens is 388 g/mol. The number of aromatic hydroxyl groups is 1. The van der Waals surface area contributed by atoms with Gasteiger partial charge in [-0.1, -0.05) is 103 Å². The SMILES string of the molecule is CC(C)(C)[Si](c1ccccc1)(c1ccccc1)c1c(O)cccc1Br. The minimum absolute atomic E-state index is 0.0446. The van der Waals surface area contributed by atoms with Crippen molar-refractivity contribution in [3.8, 4) is 5.75 Å². The molecule has 3 aromatic carbocycles. The summed E-state index contributed by atoms with van der Waals surface area (Å²) in [4.78, 5) is 0. The van der Waals surface area contributed by atoms with Crippen LogP contribution in [0.3, 0.4) is 0 Å². The minimum Gasteiger partial charge on any atom is -0.508 e. The molecule has 25 heavy (non-hydrogen) atoms. The standard InChI is InChI=1S/C22H23BrOSi/c1-22(2,3)25(17-11-6-4-7-12-17,18-13-8-5-9-14-18)21-19(23)15-10-16-20(21)24/h4-16,24H,1-3H3. The van der Waals surface area contributed by atoms with Crippen molar-refractivity contribution in [3.05, 3.63) is 83.3 Å². The van der Waals surface area contributed by atoms with E-state index in [4.69, 9.17) is 0 Å². The summed E-state index contributed by atoms with van der Waals surface area (Å²) in [6, 6.07) is 27.1. The monoisotopic (exact) mass is 410 g/mol. The van der Waals surface area contributed by atoms with Crippen LogP contribution in [-0.4, -0.2) is 13.2 Å². The Kier molecular flexibility index (Phi) is 4.89. The second-order valence-electron chi connectivity index (χ2n) is 7.37. The molecule has 0 aromatic heterocycles. The zero-order valence-electron chi connectivity index (χ0n) is 14.8. The largest absolute Gasteiger partial charge is 0.508 e. The maximum Gasteiger partial charge on any atom is 0.159 e. The molecule has 1 N–H and O–H groups in total. The molecule has 0 radical (unpaired) electrons. The highest BCUT2D eigenvalue weighted by Crippen LogP contribution is 2.38. The van der Waals surface area contributed by atoms with E-state index in [2.05, 4.69) is 97.4 Å². The third-order valence-corrected chi connectivity index (χ3v) is 11.9. The van der Waals surface area contributed by atoms with Crippen molar-refractivity contribution in [1.29, 1.82) is 0 Å². The lowest BCUT2D eigenvalue weighted by molar-refractivity contribution is 0.478. The molecule has 3 heteroatoms. The molecule has 0 aliphatic heterocycles. The van der Waals surface area contributed by atoms with E-state index in [9.17, 15) is 5.11 Å². The fourth-order valence-corrected chi connectivity index (χ4v) is 10.9. The molecule has 0 atom stereocenters. The number of hydrogen-bond donors (Lipinski definition) is 1. The molecule has 0 heterocycles. The molecule has 0 aliphatic rings. The van der Waals surface area contributed by atoms with Crippen molar-refractivity contribution < 1.29 is 5.11 Å². The Labute approximate surface area is 159 Å². The maximum absolute atomic E-state index is 10.9. The summed E-state index contributed by atoms with van der Waals surface area (Å²) in [5.41, 5.74) is 0. The summed E-state index contributed by atoms with van der Waals surface area (Å²) in [5, 5.41) is 14.5. The van der Waals surface area contributed by atoms with Gasteiger partial charge in [0.05, 0.1) is 0 Å². The zero-order valence-corrected chi connectivity index (χ0v) is 17.4. The molecule has 3 aromatic rings. The topological polar surface area (TPSA) is 20.2 Å². The molecule has 0 saturated carbocycles. The number of halogens is 1. The van der Waals surface area contributed by atoms with Gasteiger partial charge >= 0.3 is 0 Å². The number of rotatable bonds is 3. The Morgan fingerprint density at radius 3 is 1.60 bits per heavy atom. The van der Waals surface area contributed by atoms with Gasteiger partial charge in [0.25, 0.3) is 0 Å². The van der Waals surface area contributed by atoms with Crippen LogP contribution < -0.4 is 15.6 Å². The lowest BCUT2D eigenvalue weighted by Crippen LogP contribution is -2.72. The molecule has 1 nitrogen and oxygen atoms in total. The lowest BCUT2D eigenvalue weighted by Gasteiger charge is -2.45. The first-order valence-electron chi connectivity index (χ1n) is 8.48. The molecule has 0 bridgehead atoms. The highest BCUT2D eigenvalue weighted by Gasteiger charge is 2.51. The molecule has 0 saturated heterocycles. The third kappa shape index (κ3) is 2.96. The van der Waals surface area contributed by atoms with Gasteiger partial charge in [-0.15, -0.1) is 0 Å². The van der Waals surface area contributed by atoms with E-state index in [1.54, 1.807) is 6.07 Å². The summed E-state index contributed by atoms with van der Waals surface area (Å²) in [5.74, 6) is 0.365. The van der Waals surface area contributed by atoms with E-state index in [-0.39, 0.29) is 5.04 Å². The van der Waals surface area contributed by atoms with Crippen molar-refractivity contribution in [2.24, 2.45) is 0 Å². The smallest absolute Gasteiger partial charge is 0.159 e. The normalized spacial score (nSPS) is 12.2. The molecular formula is C22H23BrOSi. The van der Waals surface area contributed by atoms with Gasteiger partial charge in [-0.3, -0.25) is 0 Å². The summed E-state index contributed by atoms with van der Waals surface area (Å²) in [7, 11) is -2.51. The Morgan fingerprint density at radius 1 is 0.720 bits per heavy atom. The Balaban J connectivity index is 2.51. The van der Waals surface area contributed by atoms with Gasteiger partial charge in [-0.2, -0.15) is 0 Å².